The number of hydrogen-bond acceptors (Lipinski definition) is 8. The van der Waals surface area contributed by atoms with Crippen LogP contribution in [0, 0.1) is 5.82 Å². The zero-order valence-corrected chi connectivity index (χ0v) is 22.4. The van der Waals surface area contributed by atoms with Crippen LogP contribution in [0.1, 0.15) is 19.8 Å². The van der Waals surface area contributed by atoms with Gasteiger partial charge in [-0.05, 0) is 44.0 Å². The number of alkyl halides is 3. The number of halogens is 4. The molecule has 2 aliphatic heterocycles. The van der Waals surface area contributed by atoms with Crippen LogP contribution in [-0.2, 0) is 33.1 Å². The molecule has 1 aromatic rings. The van der Waals surface area contributed by atoms with Crippen LogP contribution in [0.5, 0.6) is 0 Å². The maximum absolute atomic E-state index is 13.3. The summed E-state index contributed by atoms with van der Waals surface area (Å²) < 4.78 is 111. The predicted octanol–water partition coefficient (Wildman–Crippen LogP) is 3.28. The van der Waals surface area contributed by atoms with E-state index in [4.69, 9.17) is 4.74 Å². The van der Waals surface area contributed by atoms with Gasteiger partial charge < -0.3 is 25.4 Å². The molecular weight excluding hydrogens is 565 g/mol. The number of carbonyl (C=O) groups excluding carboxylic acids is 1. The van der Waals surface area contributed by atoms with Crippen LogP contribution >= 0.6 is 7.82 Å². The summed E-state index contributed by atoms with van der Waals surface area (Å²) in [6, 6.07) is 4.36. The van der Waals surface area contributed by atoms with E-state index < -0.39 is 54.2 Å². The number of morpholine rings is 1. The van der Waals surface area contributed by atoms with Gasteiger partial charge in [0.05, 0.1) is 23.7 Å². The van der Waals surface area contributed by atoms with Gasteiger partial charge in [-0.15, -0.1) is 0 Å². The van der Waals surface area contributed by atoms with E-state index in [1.165, 1.54) is 11.2 Å². The molecule has 2 saturated heterocycles. The van der Waals surface area contributed by atoms with Crippen molar-refractivity contribution in [3.05, 3.63) is 30.1 Å². The maximum atomic E-state index is 13.3. The Labute approximate surface area is 217 Å². The molecule has 2 fully saturated rings. The lowest BCUT2D eigenvalue weighted by molar-refractivity contribution is -0.214. The van der Waals surface area contributed by atoms with Crippen molar-refractivity contribution in [2.45, 2.75) is 42.5 Å². The third-order valence-corrected chi connectivity index (χ3v) is 8.81. The minimum atomic E-state index is -5.08. The van der Waals surface area contributed by atoms with E-state index in [9.17, 15) is 40.2 Å². The average Bonchev–Trinajstić information content (AvgIpc) is 2.81. The van der Waals surface area contributed by atoms with Gasteiger partial charge in [0.1, 0.15) is 12.4 Å². The number of phosphoric acid groups is 1. The van der Waals surface area contributed by atoms with Gasteiger partial charge in [0.2, 0.25) is 16.1 Å². The monoisotopic (exact) mass is 596 g/mol. The van der Waals surface area contributed by atoms with E-state index in [0.717, 1.165) is 29.2 Å². The predicted molar refractivity (Wildman–Crippen MR) is 124 cm³/mol. The Morgan fingerprint density at radius 2 is 1.79 bits per heavy atom. The van der Waals surface area contributed by atoms with Crippen molar-refractivity contribution in [1.29, 1.82) is 0 Å². The third kappa shape index (κ3) is 8.08. The van der Waals surface area contributed by atoms with Crippen LogP contribution in [0.25, 0.3) is 0 Å². The molecular formula is C20H31F4N3O9PS+. The number of benzene rings is 1. The smallest absolute Gasteiger partial charge is 0.434 e. The Bertz CT molecular complexity index is 1100. The summed E-state index contributed by atoms with van der Waals surface area (Å²) in [5, 5.41) is 0. The molecule has 1 spiro atoms. The second kappa shape index (κ2) is 12.6. The Morgan fingerprint density at radius 3 is 2.34 bits per heavy atom. The first kappa shape index (κ1) is 32.4. The summed E-state index contributed by atoms with van der Waals surface area (Å²) in [6.45, 7) is -0.527. The molecule has 2 aliphatic rings. The number of amides is 1. The topological polar surface area (TPSA) is 168 Å². The molecule has 218 valence electrons. The van der Waals surface area contributed by atoms with Gasteiger partial charge >= 0.3 is 20.1 Å². The fourth-order valence-corrected chi connectivity index (χ4v) is 6.15. The van der Waals surface area contributed by atoms with Crippen molar-refractivity contribution in [2.24, 2.45) is 0 Å². The number of piperidine rings is 1. The molecule has 1 unspecified atom stereocenters. The lowest BCUT2D eigenvalue weighted by Crippen LogP contribution is -2.58. The fourth-order valence-electron chi connectivity index (χ4n) is 3.92. The largest absolute Gasteiger partial charge is 0.472 e. The first-order valence-electron chi connectivity index (χ1n) is 11.2. The van der Waals surface area contributed by atoms with Crippen LogP contribution in [0.15, 0.2) is 29.2 Å². The van der Waals surface area contributed by atoms with Crippen molar-refractivity contribution in [2.75, 3.05) is 46.0 Å². The van der Waals surface area contributed by atoms with Gasteiger partial charge in [0, 0.05) is 26.2 Å². The van der Waals surface area contributed by atoms with Gasteiger partial charge in [-0.1, -0.05) is 0 Å². The highest BCUT2D eigenvalue weighted by molar-refractivity contribution is 7.89. The zero-order chi connectivity index (χ0) is 27.5. The number of nitrogens with zero attached hydrogens (tertiary/aromatic N) is 2. The van der Waals surface area contributed by atoms with Gasteiger partial charge in [0.15, 0.2) is 0 Å². The lowest BCUT2D eigenvalue weighted by atomic mass is 9.90. The van der Waals surface area contributed by atoms with Gasteiger partial charge in [-0.2, -0.15) is 17.5 Å². The average molecular weight is 597 g/mol. The molecule has 0 radical (unpaired) electrons. The standard InChI is InChI=1S/C20H27F4N2O9PS.H3N/c1-2-33-36(28,29)34-13-17(20(22,23)24)35-18(27)25-9-7-19(8-10-25)14-26(11-12-32-19)37(30,31)16-5-3-15(21)4-6-16;/h3-6,17H,2,7-14H2,1H3,(H,28,29);1H3/p+1/t17-;/m1./s1. The quantitative estimate of drug-likeness (QED) is 0.338. The number of hydrogen-bond donors (Lipinski definition) is 2. The number of rotatable bonds is 8. The van der Waals surface area contributed by atoms with Crippen molar-refractivity contribution in [1.82, 2.24) is 15.4 Å². The van der Waals surface area contributed by atoms with Crippen molar-refractivity contribution in [3.63, 3.8) is 0 Å². The number of quaternary nitrogens is 1. The summed E-state index contributed by atoms with van der Waals surface area (Å²) in [4.78, 5) is 22.7. The lowest BCUT2D eigenvalue weighted by Gasteiger charge is -2.46. The maximum Gasteiger partial charge on any atom is 0.472 e. The van der Waals surface area contributed by atoms with E-state index in [2.05, 4.69) is 13.8 Å². The normalized spacial score (nSPS) is 20.8. The summed E-state index contributed by atoms with van der Waals surface area (Å²) in [6.07, 6.45) is -9.00. The molecule has 5 N–H and O–H groups in total. The van der Waals surface area contributed by atoms with E-state index >= 15 is 0 Å². The van der Waals surface area contributed by atoms with Crippen molar-refractivity contribution >= 4 is 23.9 Å². The molecule has 0 bridgehead atoms. The van der Waals surface area contributed by atoms with Crippen LogP contribution in [0.4, 0.5) is 22.4 Å². The van der Waals surface area contributed by atoms with E-state index in [1.807, 2.05) is 0 Å². The second-order valence-corrected chi connectivity index (χ2v) is 11.8. The number of phosphoric ester groups is 1. The van der Waals surface area contributed by atoms with Crippen LogP contribution < -0.4 is 6.15 Å². The minimum Gasteiger partial charge on any atom is -0.434 e. The number of carbonyl (C=O) groups is 1. The van der Waals surface area contributed by atoms with E-state index in [-0.39, 0.29) is 63.3 Å². The van der Waals surface area contributed by atoms with Crippen molar-refractivity contribution < 1.29 is 58.8 Å². The van der Waals surface area contributed by atoms with Crippen LogP contribution in [0.3, 0.4) is 0 Å². The highest BCUT2D eigenvalue weighted by Gasteiger charge is 2.47. The summed E-state index contributed by atoms with van der Waals surface area (Å²) in [7, 11) is -8.70. The molecule has 1 aromatic carbocycles. The summed E-state index contributed by atoms with van der Waals surface area (Å²) in [5.74, 6) is -0.587. The van der Waals surface area contributed by atoms with Gasteiger partial charge in [-0.25, -0.2) is 22.2 Å². The SMILES string of the molecule is CCOP(=O)(O)OC[C@@H](OC(=O)N1CCC2(CC1)CN(S(=O)(=O)c1ccc(F)cc1)CCO2)C(F)(F)F.[NH4+]. The Kier molecular flexibility index (Phi) is 10.7. The highest BCUT2D eigenvalue weighted by atomic mass is 32.2. The minimum absolute atomic E-state index is 0. The molecule has 0 saturated carbocycles. The molecule has 3 rings (SSSR count). The Balaban J connectivity index is 0.00000507. The van der Waals surface area contributed by atoms with Crippen molar-refractivity contribution in [3.8, 4) is 0 Å². The first-order valence-corrected chi connectivity index (χ1v) is 14.1. The van der Waals surface area contributed by atoms with Gasteiger partial charge in [0.25, 0.3) is 0 Å². The van der Waals surface area contributed by atoms with Gasteiger partial charge in [-0.3, -0.25) is 9.05 Å². The molecule has 2 heterocycles. The van der Waals surface area contributed by atoms with Crippen LogP contribution in [-0.4, -0.2) is 92.5 Å². The number of sulfonamides is 1. The third-order valence-electron chi connectivity index (χ3n) is 5.89. The second-order valence-electron chi connectivity index (χ2n) is 8.41. The summed E-state index contributed by atoms with van der Waals surface area (Å²) in [5.41, 5.74) is -0.976. The van der Waals surface area contributed by atoms with E-state index in [0.29, 0.717) is 0 Å². The summed E-state index contributed by atoms with van der Waals surface area (Å²) >= 11 is 0. The first-order chi connectivity index (χ1) is 17.2. The molecule has 12 nitrogen and oxygen atoms in total. The molecule has 18 heteroatoms. The van der Waals surface area contributed by atoms with E-state index in [1.54, 1.807) is 0 Å². The molecule has 1 amide bonds. The molecule has 0 aliphatic carbocycles. The molecule has 2 atom stereocenters. The molecule has 38 heavy (non-hydrogen) atoms. The Hall–Kier alpha value is -1.85. The number of likely N-dealkylation sites (tertiary alicyclic amines) is 1. The zero-order valence-electron chi connectivity index (χ0n) is 20.7. The molecule has 0 aromatic heterocycles. The fraction of sp³-hybridized carbons (Fsp3) is 0.650. The van der Waals surface area contributed by atoms with Crippen LogP contribution in [0.2, 0.25) is 0 Å². The Morgan fingerprint density at radius 1 is 1.18 bits per heavy atom. The highest BCUT2D eigenvalue weighted by Crippen LogP contribution is 2.44. The number of ether oxygens (including phenoxy) is 2.